The number of carbonyl (C=O) groups is 2. The highest BCUT2D eigenvalue weighted by Gasteiger charge is 2.41. The van der Waals surface area contributed by atoms with E-state index in [1.165, 1.54) is 22.3 Å². The molecule has 2 aliphatic carbocycles. The molecule has 0 spiro atoms. The molecule has 3 aromatic carbocycles. The number of cyclic esters (lactones) is 2. The fourth-order valence-corrected chi connectivity index (χ4v) is 5.07. The summed E-state index contributed by atoms with van der Waals surface area (Å²) in [7, 11) is 0. The van der Waals surface area contributed by atoms with E-state index < -0.39 is 11.9 Å². The Balaban J connectivity index is 1.82. The predicted octanol–water partition coefficient (Wildman–Crippen LogP) is 4.53. The van der Waals surface area contributed by atoms with Gasteiger partial charge in [0, 0.05) is 0 Å². The Bertz CT molecular complexity index is 1090. The molecule has 0 N–H and O–H groups in total. The van der Waals surface area contributed by atoms with Gasteiger partial charge in [0.15, 0.2) is 0 Å². The number of benzene rings is 3. The van der Waals surface area contributed by atoms with Gasteiger partial charge in [-0.2, -0.15) is 0 Å². The molecule has 0 bridgehead atoms. The molecule has 0 radical (unpaired) electrons. The molecule has 3 aromatic rings. The maximum atomic E-state index is 12.5. The zero-order valence-corrected chi connectivity index (χ0v) is 14.7. The minimum atomic E-state index is -0.479. The molecule has 3 aliphatic rings. The van der Waals surface area contributed by atoms with Crippen LogP contribution in [0.25, 0.3) is 22.3 Å². The van der Waals surface area contributed by atoms with Crippen molar-refractivity contribution >= 4 is 11.9 Å². The summed E-state index contributed by atoms with van der Waals surface area (Å²) in [5.41, 5.74) is 10.2. The van der Waals surface area contributed by atoms with Crippen LogP contribution in [0.5, 0.6) is 0 Å². The van der Waals surface area contributed by atoms with Gasteiger partial charge in [-0.05, 0) is 70.2 Å². The second-order valence-corrected chi connectivity index (χ2v) is 7.45. The quantitative estimate of drug-likeness (QED) is 0.441. The van der Waals surface area contributed by atoms with Gasteiger partial charge >= 0.3 is 11.9 Å². The zero-order valence-electron chi connectivity index (χ0n) is 14.7. The maximum Gasteiger partial charge on any atom is 0.347 e. The van der Waals surface area contributed by atoms with Crippen molar-refractivity contribution in [2.45, 2.75) is 25.7 Å². The standard InChI is InChI=1S/C24H16O3/c25-23-21-17-11-9-13-5-1-3-7-15(13)19(17)20-16-8-4-2-6-14(16)10-12-18(20)22(21)24(26)27-23/h1-8H,9-12H2. The van der Waals surface area contributed by atoms with Crippen molar-refractivity contribution in [1.82, 2.24) is 0 Å². The zero-order chi connectivity index (χ0) is 18.1. The normalized spacial score (nSPS) is 16.0. The van der Waals surface area contributed by atoms with E-state index in [1.807, 2.05) is 12.1 Å². The fraction of sp³-hybridized carbons (Fsp3) is 0.167. The van der Waals surface area contributed by atoms with Crippen molar-refractivity contribution in [3.63, 3.8) is 0 Å². The first-order chi connectivity index (χ1) is 13.2. The van der Waals surface area contributed by atoms with Crippen LogP contribution in [0.15, 0.2) is 48.5 Å². The lowest BCUT2D eigenvalue weighted by Gasteiger charge is -2.30. The second-order valence-electron chi connectivity index (χ2n) is 7.45. The third kappa shape index (κ3) is 1.86. The Morgan fingerprint density at radius 1 is 0.556 bits per heavy atom. The van der Waals surface area contributed by atoms with Gasteiger partial charge in [-0.1, -0.05) is 48.5 Å². The van der Waals surface area contributed by atoms with Crippen LogP contribution in [0.1, 0.15) is 43.0 Å². The molecule has 3 nitrogen and oxygen atoms in total. The van der Waals surface area contributed by atoms with Crippen LogP contribution in [0, 0.1) is 0 Å². The third-order valence-corrected chi connectivity index (χ3v) is 6.16. The topological polar surface area (TPSA) is 43.4 Å². The summed E-state index contributed by atoms with van der Waals surface area (Å²) in [5, 5.41) is 0. The summed E-state index contributed by atoms with van der Waals surface area (Å²) in [6.45, 7) is 0. The summed E-state index contributed by atoms with van der Waals surface area (Å²) >= 11 is 0. The van der Waals surface area contributed by atoms with E-state index in [2.05, 4.69) is 36.4 Å². The first kappa shape index (κ1) is 14.9. The largest absolute Gasteiger partial charge is 0.386 e. The molecule has 1 aliphatic heterocycles. The van der Waals surface area contributed by atoms with Crippen LogP contribution in [-0.4, -0.2) is 11.9 Å². The van der Waals surface area contributed by atoms with E-state index in [9.17, 15) is 9.59 Å². The summed E-state index contributed by atoms with van der Waals surface area (Å²) in [4.78, 5) is 25.1. The molecule has 27 heavy (non-hydrogen) atoms. The first-order valence-electron chi connectivity index (χ1n) is 9.39. The Hall–Kier alpha value is -3.20. The molecular formula is C24H16O3. The van der Waals surface area contributed by atoms with Crippen molar-refractivity contribution in [3.05, 3.63) is 81.9 Å². The van der Waals surface area contributed by atoms with Crippen molar-refractivity contribution in [2.75, 3.05) is 0 Å². The molecule has 1 heterocycles. The molecule has 0 atom stereocenters. The van der Waals surface area contributed by atoms with Gasteiger partial charge in [-0.15, -0.1) is 0 Å². The lowest BCUT2D eigenvalue weighted by molar-refractivity contribution is 0.0443. The molecule has 0 amide bonds. The van der Waals surface area contributed by atoms with E-state index in [-0.39, 0.29) is 0 Å². The average molecular weight is 352 g/mol. The number of esters is 2. The molecule has 3 heteroatoms. The average Bonchev–Trinajstić information content (AvgIpc) is 3.01. The Morgan fingerprint density at radius 2 is 1.00 bits per heavy atom. The van der Waals surface area contributed by atoms with Gasteiger partial charge in [0.25, 0.3) is 0 Å². The Labute approximate surface area is 156 Å². The smallest absolute Gasteiger partial charge is 0.347 e. The SMILES string of the molecule is O=C1OC(=O)c2c3c(c4c(c21)CCc1ccccc1-4)-c1ccccc1CC3. The van der Waals surface area contributed by atoms with Crippen LogP contribution >= 0.6 is 0 Å². The van der Waals surface area contributed by atoms with Gasteiger partial charge < -0.3 is 4.74 Å². The van der Waals surface area contributed by atoms with Crippen molar-refractivity contribution in [1.29, 1.82) is 0 Å². The maximum absolute atomic E-state index is 12.5. The van der Waals surface area contributed by atoms with Crippen molar-refractivity contribution in [2.24, 2.45) is 0 Å². The summed E-state index contributed by atoms with van der Waals surface area (Å²) < 4.78 is 5.06. The second kappa shape index (κ2) is 5.17. The fourth-order valence-electron chi connectivity index (χ4n) is 5.07. The molecule has 0 saturated carbocycles. The number of aryl methyl sites for hydroxylation is 2. The van der Waals surface area contributed by atoms with Gasteiger partial charge in [-0.25, -0.2) is 9.59 Å². The van der Waals surface area contributed by atoms with Crippen LogP contribution in [-0.2, 0) is 30.4 Å². The number of ether oxygens (including phenoxy) is 1. The van der Waals surface area contributed by atoms with Gasteiger partial charge in [0.05, 0.1) is 11.1 Å². The predicted molar refractivity (Wildman–Crippen MR) is 102 cm³/mol. The molecule has 0 saturated heterocycles. The van der Waals surface area contributed by atoms with Gasteiger partial charge in [0.1, 0.15) is 0 Å². The van der Waals surface area contributed by atoms with Crippen LogP contribution < -0.4 is 0 Å². The van der Waals surface area contributed by atoms with E-state index in [1.54, 1.807) is 0 Å². The first-order valence-corrected chi connectivity index (χ1v) is 9.39. The van der Waals surface area contributed by atoms with Crippen molar-refractivity contribution < 1.29 is 14.3 Å². The number of hydrogen-bond acceptors (Lipinski definition) is 3. The summed E-state index contributed by atoms with van der Waals surface area (Å²) in [5.74, 6) is -0.959. The summed E-state index contributed by atoms with van der Waals surface area (Å²) in [6, 6.07) is 16.8. The van der Waals surface area contributed by atoms with Crippen LogP contribution in [0.3, 0.4) is 0 Å². The molecule has 0 fully saturated rings. The minimum Gasteiger partial charge on any atom is -0.386 e. The monoisotopic (exact) mass is 352 g/mol. The molecule has 130 valence electrons. The van der Waals surface area contributed by atoms with E-state index in [0.717, 1.165) is 47.9 Å². The van der Waals surface area contributed by atoms with E-state index >= 15 is 0 Å². The highest BCUT2D eigenvalue weighted by molar-refractivity contribution is 6.19. The highest BCUT2D eigenvalue weighted by atomic mass is 16.6. The lowest BCUT2D eigenvalue weighted by Crippen LogP contribution is -2.17. The number of hydrogen-bond donors (Lipinski definition) is 0. The van der Waals surface area contributed by atoms with Crippen LogP contribution in [0.4, 0.5) is 0 Å². The molecule has 0 unspecified atom stereocenters. The number of rotatable bonds is 0. The molecule has 0 aromatic heterocycles. The van der Waals surface area contributed by atoms with Crippen LogP contribution in [0.2, 0.25) is 0 Å². The minimum absolute atomic E-state index is 0.479. The van der Waals surface area contributed by atoms with E-state index in [0.29, 0.717) is 11.1 Å². The molecule has 6 rings (SSSR count). The summed E-state index contributed by atoms with van der Waals surface area (Å²) in [6.07, 6.45) is 3.26. The van der Waals surface area contributed by atoms with Crippen molar-refractivity contribution in [3.8, 4) is 22.3 Å². The lowest BCUT2D eigenvalue weighted by atomic mass is 9.72. The highest BCUT2D eigenvalue weighted by Crippen LogP contribution is 2.50. The third-order valence-electron chi connectivity index (χ3n) is 6.16. The molecular weight excluding hydrogens is 336 g/mol. The van der Waals surface area contributed by atoms with Gasteiger partial charge in [-0.3, -0.25) is 0 Å². The number of fused-ring (bicyclic) bond motifs is 10. The number of carbonyl (C=O) groups excluding carboxylic acids is 2. The van der Waals surface area contributed by atoms with E-state index in [4.69, 9.17) is 4.74 Å². The Kier molecular flexibility index (Phi) is 2.85. The van der Waals surface area contributed by atoms with Gasteiger partial charge in [0.2, 0.25) is 0 Å². The Morgan fingerprint density at radius 3 is 1.48 bits per heavy atom.